The Morgan fingerprint density at radius 2 is 1.84 bits per heavy atom. The highest BCUT2D eigenvalue weighted by molar-refractivity contribution is 7.89. The first-order valence-corrected chi connectivity index (χ1v) is 12.2. The molecule has 8 heteroatoms. The number of carbonyl (C=O) groups is 1. The van der Waals surface area contributed by atoms with Gasteiger partial charge in [-0.2, -0.15) is 4.31 Å². The highest BCUT2D eigenvalue weighted by Gasteiger charge is 2.39. The molecule has 0 saturated carbocycles. The average Bonchev–Trinajstić information content (AvgIpc) is 3.22. The molecule has 1 fully saturated rings. The molecule has 0 unspecified atom stereocenters. The Hall–Kier alpha value is -2.09. The van der Waals surface area contributed by atoms with E-state index < -0.39 is 16.1 Å². The van der Waals surface area contributed by atoms with E-state index in [1.165, 1.54) is 28.6 Å². The molecule has 2 aromatic carbocycles. The normalized spacial score (nSPS) is 17.5. The van der Waals surface area contributed by atoms with E-state index in [1.54, 1.807) is 0 Å². The van der Waals surface area contributed by atoms with Gasteiger partial charge in [0.25, 0.3) is 0 Å². The van der Waals surface area contributed by atoms with Crippen molar-refractivity contribution in [2.75, 3.05) is 19.7 Å². The number of para-hydroxylation sites is 1. The van der Waals surface area contributed by atoms with Gasteiger partial charge in [0.1, 0.15) is 18.4 Å². The smallest absolute Gasteiger partial charge is 0.243 e. The second kappa shape index (κ2) is 9.59. The van der Waals surface area contributed by atoms with Gasteiger partial charge in [-0.05, 0) is 54.2 Å². The van der Waals surface area contributed by atoms with Crippen LogP contribution >= 0.6 is 11.6 Å². The van der Waals surface area contributed by atoms with Crippen molar-refractivity contribution in [3.05, 3.63) is 59.1 Å². The lowest BCUT2D eigenvalue weighted by Crippen LogP contribution is -2.46. The minimum Gasteiger partial charge on any atom is -0.491 e. The van der Waals surface area contributed by atoms with Crippen molar-refractivity contribution in [2.45, 2.75) is 50.0 Å². The van der Waals surface area contributed by atoms with Crippen LogP contribution < -0.4 is 10.1 Å². The minimum absolute atomic E-state index is 0.0553. The summed E-state index contributed by atoms with van der Waals surface area (Å²) in [5.74, 6) is 0.486. The number of nitrogens with one attached hydrogen (secondary N) is 1. The third-order valence-electron chi connectivity index (χ3n) is 5.28. The highest BCUT2D eigenvalue weighted by Crippen LogP contribution is 2.31. The number of rotatable bonds is 7. The summed E-state index contributed by atoms with van der Waals surface area (Å²) in [5, 5.41) is 3.29. The van der Waals surface area contributed by atoms with E-state index in [1.807, 2.05) is 24.3 Å². The zero-order valence-corrected chi connectivity index (χ0v) is 19.7. The van der Waals surface area contributed by atoms with E-state index in [0.717, 1.165) is 11.3 Å². The Morgan fingerprint density at radius 1 is 1.16 bits per heavy atom. The molecule has 6 nitrogen and oxygen atoms in total. The number of halogens is 1. The Bertz CT molecular complexity index is 1020. The molecule has 3 rings (SSSR count). The highest BCUT2D eigenvalue weighted by atomic mass is 35.5. The molecule has 31 heavy (non-hydrogen) atoms. The van der Waals surface area contributed by atoms with Crippen LogP contribution in [0, 0.1) is 0 Å². The molecule has 1 amide bonds. The van der Waals surface area contributed by atoms with Crippen LogP contribution in [0.5, 0.6) is 5.75 Å². The number of nitrogens with zero attached hydrogens (tertiary/aromatic N) is 1. The Morgan fingerprint density at radius 3 is 2.52 bits per heavy atom. The summed E-state index contributed by atoms with van der Waals surface area (Å²) in [5.41, 5.74) is 1.04. The lowest BCUT2D eigenvalue weighted by atomic mass is 9.86. The van der Waals surface area contributed by atoms with Crippen LogP contribution in [0.15, 0.2) is 53.4 Å². The molecule has 2 aromatic rings. The van der Waals surface area contributed by atoms with Crippen molar-refractivity contribution in [1.29, 1.82) is 0 Å². The molecule has 0 bridgehead atoms. The zero-order valence-electron chi connectivity index (χ0n) is 18.1. The number of sulfonamides is 1. The number of amides is 1. The molecule has 1 saturated heterocycles. The lowest BCUT2D eigenvalue weighted by Gasteiger charge is -2.24. The molecule has 1 atom stereocenters. The number of benzene rings is 2. The molecule has 1 heterocycles. The standard InChI is InChI=1S/C23H29ClN2O4S/c1-23(2,3)19-7-4-5-9-21(19)30-16-14-25-22(27)20-8-6-15-26(20)31(28,29)18-12-10-17(24)11-13-18/h4-5,7,9-13,20H,6,8,14-16H2,1-3H3,(H,25,27)/t20-/m0/s1. The molecule has 0 aromatic heterocycles. The van der Waals surface area contributed by atoms with Crippen LogP contribution in [0.2, 0.25) is 5.02 Å². The van der Waals surface area contributed by atoms with Crippen LogP contribution in [0.25, 0.3) is 0 Å². The van der Waals surface area contributed by atoms with Crippen molar-refractivity contribution in [1.82, 2.24) is 9.62 Å². The summed E-state index contributed by atoms with van der Waals surface area (Å²) in [6.07, 6.45) is 1.13. The van der Waals surface area contributed by atoms with Gasteiger partial charge in [-0.15, -0.1) is 0 Å². The molecule has 1 N–H and O–H groups in total. The van der Waals surface area contributed by atoms with Gasteiger partial charge < -0.3 is 10.1 Å². The van der Waals surface area contributed by atoms with E-state index in [-0.39, 0.29) is 16.2 Å². The van der Waals surface area contributed by atoms with Crippen molar-refractivity contribution in [3.63, 3.8) is 0 Å². The van der Waals surface area contributed by atoms with E-state index in [9.17, 15) is 13.2 Å². The Balaban J connectivity index is 1.59. The summed E-state index contributed by atoms with van der Waals surface area (Å²) >= 11 is 5.87. The van der Waals surface area contributed by atoms with E-state index in [2.05, 4.69) is 26.1 Å². The van der Waals surface area contributed by atoms with Crippen molar-refractivity contribution < 1.29 is 17.9 Å². The SMILES string of the molecule is CC(C)(C)c1ccccc1OCCNC(=O)[C@@H]1CCCN1S(=O)(=O)c1ccc(Cl)cc1. The van der Waals surface area contributed by atoms with Crippen molar-refractivity contribution in [3.8, 4) is 5.75 Å². The average molecular weight is 465 g/mol. The maximum absolute atomic E-state index is 13.0. The fraction of sp³-hybridized carbons (Fsp3) is 0.435. The van der Waals surface area contributed by atoms with Gasteiger partial charge in [0.05, 0.1) is 11.4 Å². The third kappa shape index (κ3) is 5.59. The Labute approximate surface area is 189 Å². The van der Waals surface area contributed by atoms with Crippen molar-refractivity contribution in [2.24, 2.45) is 0 Å². The van der Waals surface area contributed by atoms with Gasteiger partial charge in [-0.1, -0.05) is 50.6 Å². The minimum atomic E-state index is -3.76. The fourth-order valence-corrected chi connectivity index (χ4v) is 5.48. The maximum atomic E-state index is 13.0. The first kappa shape index (κ1) is 23.6. The van der Waals surface area contributed by atoms with E-state index in [0.29, 0.717) is 37.6 Å². The second-order valence-corrected chi connectivity index (χ2v) is 10.9. The molecule has 0 aliphatic carbocycles. The fourth-order valence-electron chi connectivity index (χ4n) is 3.70. The Kier molecular flexibility index (Phi) is 7.29. The molecule has 0 radical (unpaired) electrons. The monoisotopic (exact) mass is 464 g/mol. The third-order valence-corrected chi connectivity index (χ3v) is 7.45. The summed E-state index contributed by atoms with van der Waals surface area (Å²) in [4.78, 5) is 12.9. The summed E-state index contributed by atoms with van der Waals surface area (Å²) in [6, 6.07) is 13.1. The zero-order chi connectivity index (χ0) is 22.6. The second-order valence-electron chi connectivity index (χ2n) is 8.61. The quantitative estimate of drug-likeness (QED) is 0.629. The van der Waals surface area contributed by atoms with Crippen molar-refractivity contribution >= 4 is 27.5 Å². The van der Waals surface area contributed by atoms with Gasteiger partial charge >= 0.3 is 0 Å². The molecular formula is C23H29ClN2O4S. The van der Waals surface area contributed by atoms with Gasteiger partial charge in [0.2, 0.25) is 15.9 Å². The maximum Gasteiger partial charge on any atom is 0.243 e. The summed E-state index contributed by atoms with van der Waals surface area (Å²) in [7, 11) is -3.76. The van der Waals surface area contributed by atoms with Gasteiger partial charge in [-0.25, -0.2) is 8.42 Å². The number of hydrogen-bond donors (Lipinski definition) is 1. The molecule has 1 aliphatic rings. The predicted octanol–water partition coefficient (Wildman–Crippen LogP) is 3.99. The number of hydrogen-bond acceptors (Lipinski definition) is 4. The van der Waals surface area contributed by atoms with E-state index in [4.69, 9.17) is 16.3 Å². The molecular weight excluding hydrogens is 436 g/mol. The topological polar surface area (TPSA) is 75.7 Å². The van der Waals surface area contributed by atoms with Crippen LogP contribution in [-0.2, 0) is 20.2 Å². The van der Waals surface area contributed by atoms with Crippen LogP contribution in [0.1, 0.15) is 39.2 Å². The molecule has 168 valence electrons. The summed E-state index contributed by atoms with van der Waals surface area (Å²) < 4.78 is 33.1. The van der Waals surface area contributed by atoms with Crippen LogP contribution in [0.4, 0.5) is 0 Å². The lowest BCUT2D eigenvalue weighted by molar-refractivity contribution is -0.124. The van der Waals surface area contributed by atoms with Crippen LogP contribution in [-0.4, -0.2) is 44.4 Å². The summed E-state index contributed by atoms with van der Waals surface area (Å²) in [6.45, 7) is 7.27. The number of ether oxygens (including phenoxy) is 1. The van der Waals surface area contributed by atoms with Crippen LogP contribution in [0.3, 0.4) is 0 Å². The largest absolute Gasteiger partial charge is 0.491 e. The predicted molar refractivity (Wildman–Crippen MR) is 122 cm³/mol. The van der Waals surface area contributed by atoms with Gasteiger partial charge in [-0.3, -0.25) is 4.79 Å². The first-order valence-electron chi connectivity index (χ1n) is 10.4. The molecule has 0 spiro atoms. The van der Waals surface area contributed by atoms with Gasteiger partial charge in [0, 0.05) is 11.6 Å². The molecule has 1 aliphatic heterocycles. The van der Waals surface area contributed by atoms with Gasteiger partial charge in [0.15, 0.2) is 0 Å². The first-order chi connectivity index (χ1) is 14.6. The van der Waals surface area contributed by atoms with E-state index >= 15 is 0 Å². The number of carbonyl (C=O) groups excluding carboxylic acids is 1.